The summed E-state index contributed by atoms with van der Waals surface area (Å²) in [5.41, 5.74) is 0.215. The first-order valence-electron chi connectivity index (χ1n) is 6.85. The number of aromatic nitrogens is 1. The second kappa shape index (κ2) is 6.17. The van der Waals surface area contributed by atoms with Gasteiger partial charge < -0.3 is 14.9 Å². The molecule has 112 valence electrons. The van der Waals surface area contributed by atoms with Crippen LogP contribution in [0.1, 0.15) is 36.2 Å². The highest BCUT2D eigenvalue weighted by atomic mass is 35.5. The molecule has 2 aromatic rings. The van der Waals surface area contributed by atoms with E-state index in [4.69, 9.17) is 16.1 Å². The lowest BCUT2D eigenvalue weighted by atomic mass is 9.92. The highest BCUT2D eigenvalue weighted by Gasteiger charge is 2.26. The molecule has 2 heterocycles. The van der Waals surface area contributed by atoms with Crippen molar-refractivity contribution < 1.29 is 14.4 Å². The Kier molecular flexibility index (Phi) is 4.28. The van der Waals surface area contributed by atoms with Crippen molar-refractivity contribution in [1.29, 1.82) is 0 Å². The summed E-state index contributed by atoms with van der Waals surface area (Å²) in [7, 11) is 0. The maximum absolute atomic E-state index is 12.1. The Morgan fingerprint density at radius 3 is 2.95 bits per heavy atom. The summed E-state index contributed by atoms with van der Waals surface area (Å²) >= 11 is 7.24. The van der Waals surface area contributed by atoms with Crippen molar-refractivity contribution in [2.45, 2.75) is 37.8 Å². The van der Waals surface area contributed by atoms with Gasteiger partial charge in [0.2, 0.25) is 0 Å². The molecule has 0 spiro atoms. The molecule has 0 radical (unpaired) electrons. The normalized spacial score (nSPS) is 22.2. The molecular weight excluding hydrogens is 312 g/mol. The van der Waals surface area contributed by atoms with Gasteiger partial charge in [-0.1, -0.05) is 29.6 Å². The van der Waals surface area contributed by atoms with Crippen LogP contribution in [0, 0.1) is 0 Å². The second-order valence-electron chi connectivity index (χ2n) is 5.11. The monoisotopic (exact) mass is 326 g/mol. The maximum Gasteiger partial charge on any atom is 0.273 e. The molecule has 2 unspecified atom stereocenters. The van der Waals surface area contributed by atoms with E-state index in [2.05, 4.69) is 10.5 Å². The lowest BCUT2D eigenvalue weighted by molar-refractivity contribution is 0.0711. The van der Waals surface area contributed by atoms with Gasteiger partial charge in [-0.3, -0.25) is 4.79 Å². The second-order valence-corrected chi connectivity index (χ2v) is 6.83. The summed E-state index contributed by atoms with van der Waals surface area (Å²) in [4.78, 5) is 13.0. The number of thiophene rings is 1. The molecule has 0 aromatic carbocycles. The molecule has 0 aliphatic heterocycles. The fraction of sp³-hybridized carbons (Fsp3) is 0.429. The highest BCUT2D eigenvalue weighted by molar-refractivity contribution is 7.19. The number of aliphatic hydroxyl groups excluding tert-OH is 1. The van der Waals surface area contributed by atoms with Crippen LogP contribution in [0.15, 0.2) is 22.7 Å². The molecule has 0 saturated heterocycles. The minimum absolute atomic E-state index is 0.206. The lowest BCUT2D eigenvalue weighted by Gasteiger charge is -2.27. The molecule has 0 bridgehead atoms. The summed E-state index contributed by atoms with van der Waals surface area (Å²) in [6.07, 6.45) is 3.05. The molecule has 5 nitrogen and oxygen atoms in total. The maximum atomic E-state index is 12.1. The number of carbonyl (C=O) groups is 1. The Labute approximate surface area is 130 Å². The number of hydrogen-bond acceptors (Lipinski definition) is 5. The third-order valence-electron chi connectivity index (χ3n) is 3.60. The summed E-state index contributed by atoms with van der Waals surface area (Å²) in [5, 5.41) is 16.5. The van der Waals surface area contributed by atoms with E-state index in [0.29, 0.717) is 10.1 Å². The number of rotatable bonds is 3. The Balaban J connectivity index is 1.69. The first kappa shape index (κ1) is 14.6. The Bertz CT molecular complexity index is 640. The average Bonchev–Trinajstić information content (AvgIpc) is 3.10. The van der Waals surface area contributed by atoms with Gasteiger partial charge in [-0.2, -0.15) is 0 Å². The van der Waals surface area contributed by atoms with Gasteiger partial charge in [-0.15, -0.1) is 11.3 Å². The highest BCUT2D eigenvalue weighted by Crippen LogP contribution is 2.31. The third kappa shape index (κ3) is 3.28. The lowest BCUT2D eigenvalue weighted by Crippen LogP contribution is -2.45. The molecule has 1 aliphatic carbocycles. The molecule has 2 atom stereocenters. The Hall–Kier alpha value is -1.37. The van der Waals surface area contributed by atoms with Crippen molar-refractivity contribution in [3.05, 3.63) is 28.2 Å². The van der Waals surface area contributed by atoms with Crippen LogP contribution in [0.5, 0.6) is 0 Å². The minimum atomic E-state index is -0.481. The number of carbonyl (C=O) groups excluding carboxylic acids is 1. The third-order valence-corrected chi connectivity index (χ3v) is 4.85. The summed E-state index contributed by atoms with van der Waals surface area (Å²) in [6, 6.07) is 4.97. The zero-order valence-corrected chi connectivity index (χ0v) is 12.8. The van der Waals surface area contributed by atoms with Crippen molar-refractivity contribution in [2.75, 3.05) is 0 Å². The van der Waals surface area contributed by atoms with Gasteiger partial charge in [-0.05, 0) is 25.0 Å². The van der Waals surface area contributed by atoms with Crippen LogP contribution >= 0.6 is 22.9 Å². The number of halogens is 1. The standard InChI is InChI=1S/C14H15ClN2O3S/c15-13-6-5-12(21-13)11-7-9(17-20-11)14(19)16-8-3-1-2-4-10(8)18/h5-8,10,18H,1-4H2,(H,16,19). The minimum Gasteiger partial charge on any atom is -0.391 e. The van der Waals surface area contributed by atoms with Gasteiger partial charge in [0.25, 0.3) is 5.91 Å². The van der Waals surface area contributed by atoms with Crippen LogP contribution in [-0.4, -0.2) is 28.3 Å². The summed E-state index contributed by atoms with van der Waals surface area (Å²) in [5.74, 6) is 0.194. The molecule has 1 amide bonds. The fourth-order valence-corrected chi connectivity index (χ4v) is 3.46. The largest absolute Gasteiger partial charge is 0.391 e. The predicted octanol–water partition coefficient (Wildman–Crippen LogP) is 3.09. The van der Waals surface area contributed by atoms with E-state index in [9.17, 15) is 9.90 Å². The number of aliphatic hydroxyl groups is 1. The van der Waals surface area contributed by atoms with Gasteiger partial charge in [0.1, 0.15) is 0 Å². The molecule has 1 fully saturated rings. The van der Waals surface area contributed by atoms with Crippen LogP contribution in [0.3, 0.4) is 0 Å². The predicted molar refractivity (Wildman–Crippen MR) is 80.6 cm³/mol. The van der Waals surface area contributed by atoms with Gasteiger partial charge in [-0.25, -0.2) is 0 Å². The van der Waals surface area contributed by atoms with Crippen molar-refractivity contribution in [3.8, 4) is 10.6 Å². The molecular formula is C14H15ClN2O3S. The van der Waals surface area contributed by atoms with E-state index >= 15 is 0 Å². The summed E-state index contributed by atoms with van der Waals surface area (Å²) in [6.45, 7) is 0. The number of hydrogen-bond donors (Lipinski definition) is 2. The number of nitrogens with one attached hydrogen (secondary N) is 1. The fourth-order valence-electron chi connectivity index (χ4n) is 2.47. The SMILES string of the molecule is O=C(NC1CCCCC1O)c1cc(-c2ccc(Cl)s2)on1. The van der Waals surface area contributed by atoms with Gasteiger partial charge in [0, 0.05) is 6.07 Å². The molecule has 21 heavy (non-hydrogen) atoms. The van der Waals surface area contributed by atoms with Gasteiger partial charge in [0.05, 0.1) is 21.4 Å². The van der Waals surface area contributed by atoms with Crippen molar-refractivity contribution in [1.82, 2.24) is 10.5 Å². The average molecular weight is 327 g/mol. The van der Waals surface area contributed by atoms with E-state index in [-0.39, 0.29) is 17.6 Å². The first-order chi connectivity index (χ1) is 10.1. The van der Waals surface area contributed by atoms with Gasteiger partial charge >= 0.3 is 0 Å². The number of amides is 1. The summed E-state index contributed by atoms with van der Waals surface area (Å²) < 4.78 is 5.83. The van der Waals surface area contributed by atoms with Crippen LogP contribution in [-0.2, 0) is 0 Å². The molecule has 2 N–H and O–H groups in total. The zero-order valence-electron chi connectivity index (χ0n) is 11.2. The van der Waals surface area contributed by atoms with E-state index < -0.39 is 6.10 Å². The smallest absolute Gasteiger partial charge is 0.273 e. The van der Waals surface area contributed by atoms with Crippen LogP contribution in [0.2, 0.25) is 4.34 Å². The van der Waals surface area contributed by atoms with E-state index in [0.717, 1.165) is 30.6 Å². The van der Waals surface area contributed by atoms with E-state index in [1.165, 1.54) is 11.3 Å². The van der Waals surface area contributed by atoms with Crippen molar-refractivity contribution in [3.63, 3.8) is 0 Å². The van der Waals surface area contributed by atoms with Crippen molar-refractivity contribution in [2.24, 2.45) is 0 Å². The molecule has 1 saturated carbocycles. The zero-order chi connectivity index (χ0) is 14.8. The Morgan fingerprint density at radius 1 is 1.43 bits per heavy atom. The van der Waals surface area contributed by atoms with Crippen LogP contribution in [0.25, 0.3) is 10.6 Å². The van der Waals surface area contributed by atoms with Crippen molar-refractivity contribution >= 4 is 28.8 Å². The topological polar surface area (TPSA) is 75.4 Å². The molecule has 2 aromatic heterocycles. The first-order valence-corrected chi connectivity index (χ1v) is 8.04. The van der Waals surface area contributed by atoms with Crippen LogP contribution in [0.4, 0.5) is 0 Å². The quantitative estimate of drug-likeness (QED) is 0.908. The van der Waals surface area contributed by atoms with Crippen LogP contribution < -0.4 is 5.32 Å². The molecule has 7 heteroatoms. The number of nitrogens with zero attached hydrogens (tertiary/aromatic N) is 1. The molecule has 3 rings (SSSR count). The Morgan fingerprint density at radius 2 is 2.24 bits per heavy atom. The van der Waals surface area contributed by atoms with Gasteiger partial charge in [0.15, 0.2) is 11.5 Å². The molecule has 1 aliphatic rings. The van der Waals surface area contributed by atoms with E-state index in [1.807, 2.05) is 6.07 Å². The van der Waals surface area contributed by atoms with E-state index in [1.54, 1.807) is 12.1 Å².